The molecule has 0 bridgehead atoms. The van der Waals surface area contributed by atoms with Crippen LogP contribution in [0.4, 0.5) is 0 Å². The number of hydrogen-bond acceptors (Lipinski definition) is 5. The third-order valence-corrected chi connectivity index (χ3v) is 2.50. The highest BCUT2D eigenvalue weighted by Gasteiger charge is 2.05. The molecule has 0 saturated heterocycles. The van der Waals surface area contributed by atoms with Crippen molar-refractivity contribution in [3.05, 3.63) is 28.8 Å². The van der Waals surface area contributed by atoms with Crippen LogP contribution >= 0.6 is 11.8 Å². The van der Waals surface area contributed by atoms with Gasteiger partial charge in [-0.1, -0.05) is 11.8 Å². The number of rotatable bonds is 3. The topological polar surface area (TPSA) is 88.0 Å². The van der Waals surface area contributed by atoms with Gasteiger partial charge in [-0.05, 0) is 30.9 Å². The second-order valence-corrected chi connectivity index (χ2v) is 4.12. The Bertz CT molecular complexity index is 484. The summed E-state index contributed by atoms with van der Waals surface area (Å²) in [5, 5.41) is 17.5. The molecule has 1 aromatic rings. The van der Waals surface area contributed by atoms with Gasteiger partial charge in [-0.3, -0.25) is 4.79 Å². The predicted octanol–water partition coefficient (Wildman–Crippen LogP) is 1.52. The molecule has 0 unspecified atom stereocenters. The minimum Gasteiger partial charge on any atom is -0.507 e. The molecule has 90 valence electrons. The maximum Gasteiger partial charge on any atom is 0.180 e. The Morgan fingerprint density at radius 2 is 2.12 bits per heavy atom. The minimum atomic E-state index is -0.104. The molecule has 0 atom stereocenters. The van der Waals surface area contributed by atoms with Gasteiger partial charge in [0.25, 0.3) is 0 Å². The first-order chi connectivity index (χ1) is 8.08. The highest BCUT2D eigenvalue weighted by molar-refractivity contribution is 8.13. The summed E-state index contributed by atoms with van der Waals surface area (Å²) >= 11 is 1.27. The number of carbonyl (C=O) groups is 1. The lowest BCUT2D eigenvalue weighted by Crippen LogP contribution is -2.04. The second-order valence-electron chi connectivity index (χ2n) is 3.30. The lowest BCUT2D eigenvalue weighted by Gasteiger charge is -2.03. The molecule has 0 aliphatic rings. The second kappa shape index (κ2) is 6.05. The fraction of sp³-hybridized carbons (Fsp3) is 0.182. The molecule has 0 aliphatic carbocycles. The van der Waals surface area contributed by atoms with Gasteiger partial charge in [0.15, 0.2) is 11.5 Å². The Hall–Kier alpha value is -1.82. The van der Waals surface area contributed by atoms with Crippen molar-refractivity contribution >= 4 is 29.4 Å². The fourth-order valence-corrected chi connectivity index (χ4v) is 1.34. The number of aryl methyl sites for hydroxylation is 1. The van der Waals surface area contributed by atoms with E-state index in [0.717, 1.165) is 5.56 Å². The van der Waals surface area contributed by atoms with E-state index in [2.05, 4.69) is 10.2 Å². The smallest absolute Gasteiger partial charge is 0.180 e. The molecule has 6 heteroatoms. The normalized spacial score (nSPS) is 12.0. The average molecular weight is 251 g/mol. The van der Waals surface area contributed by atoms with E-state index in [-0.39, 0.29) is 11.3 Å². The summed E-state index contributed by atoms with van der Waals surface area (Å²) in [5.74, 6) is -0.104. The highest BCUT2D eigenvalue weighted by atomic mass is 32.2. The number of thioether (sulfide) groups is 1. The van der Waals surface area contributed by atoms with Gasteiger partial charge in [-0.25, -0.2) is 0 Å². The van der Waals surface area contributed by atoms with Crippen LogP contribution in [0.5, 0.6) is 5.75 Å². The predicted molar refractivity (Wildman–Crippen MR) is 71.0 cm³/mol. The minimum absolute atomic E-state index is 0.104. The Kier molecular flexibility index (Phi) is 4.71. The van der Waals surface area contributed by atoms with Crippen LogP contribution in [0.2, 0.25) is 0 Å². The number of aromatic hydroxyl groups is 1. The number of carbonyl (C=O) groups excluding carboxylic acids is 1. The number of nitrogens with two attached hydrogens (primary N) is 1. The molecule has 3 N–H and O–H groups in total. The Morgan fingerprint density at radius 3 is 2.71 bits per heavy atom. The summed E-state index contributed by atoms with van der Waals surface area (Å²) in [6.07, 6.45) is 3.74. The monoisotopic (exact) mass is 251 g/mol. The van der Waals surface area contributed by atoms with Crippen molar-refractivity contribution < 1.29 is 9.90 Å². The molecule has 5 nitrogen and oxygen atoms in total. The average Bonchev–Trinajstić information content (AvgIpc) is 2.32. The van der Waals surface area contributed by atoms with Gasteiger partial charge in [0, 0.05) is 5.56 Å². The quantitative estimate of drug-likeness (QED) is 0.369. The van der Waals surface area contributed by atoms with E-state index < -0.39 is 0 Å². The zero-order chi connectivity index (χ0) is 12.8. The maximum atomic E-state index is 10.7. The zero-order valence-electron chi connectivity index (χ0n) is 9.54. The molecule has 0 fully saturated rings. The van der Waals surface area contributed by atoms with Crippen molar-refractivity contribution in [1.82, 2.24) is 0 Å². The number of phenols is 1. The van der Waals surface area contributed by atoms with E-state index in [0.29, 0.717) is 17.0 Å². The summed E-state index contributed by atoms with van der Waals surface area (Å²) in [6, 6.07) is 3.30. The molecule has 0 saturated carbocycles. The summed E-state index contributed by atoms with van der Waals surface area (Å²) < 4.78 is 0. The lowest BCUT2D eigenvalue weighted by molar-refractivity contribution is 0.112. The van der Waals surface area contributed by atoms with E-state index in [1.165, 1.54) is 18.0 Å². The molecule has 1 rings (SSSR count). The van der Waals surface area contributed by atoms with Crippen molar-refractivity contribution in [2.45, 2.75) is 6.92 Å². The van der Waals surface area contributed by atoms with Crippen molar-refractivity contribution in [1.29, 1.82) is 0 Å². The SMILES string of the molecule is CS/C(N)=N/N=Cc1cc(C)cc(C=O)c1O. The molecule has 1 aromatic carbocycles. The van der Waals surface area contributed by atoms with E-state index in [1.807, 2.05) is 6.92 Å². The van der Waals surface area contributed by atoms with Crippen LogP contribution in [0.25, 0.3) is 0 Å². The van der Waals surface area contributed by atoms with Crippen LogP contribution in [0, 0.1) is 6.92 Å². The molecule has 17 heavy (non-hydrogen) atoms. The molecular formula is C11H13N3O2S. The van der Waals surface area contributed by atoms with E-state index in [1.54, 1.807) is 18.4 Å². The van der Waals surface area contributed by atoms with Crippen LogP contribution in [-0.4, -0.2) is 29.0 Å². The van der Waals surface area contributed by atoms with Crippen molar-refractivity contribution in [2.75, 3.05) is 6.26 Å². The number of amidine groups is 1. The molecular weight excluding hydrogens is 238 g/mol. The van der Waals surface area contributed by atoms with Crippen molar-refractivity contribution in [3.8, 4) is 5.75 Å². The summed E-state index contributed by atoms with van der Waals surface area (Å²) in [6.45, 7) is 1.82. The van der Waals surface area contributed by atoms with Gasteiger partial charge >= 0.3 is 0 Å². The number of aldehydes is 1. The van der Waals surface area contributed by atoms with Crippen LogP contribution < -0.4 is 5.73 Å². The summed E-state index contributed by atoms with van der Waals surface area (Å²) in [5.41, 5.74) is 6.96. The van der Waals surface area contributed by atoms with Crippen LogP contribution in [0.15, 0.2) is 22.3 Å². The van der Waals surface area contributed by atoms with Gasteiger partial charge in [0.05, 0.1) is 11.8 Å². The van der Waals surface area contributed by atoms with Crippen molar-refractivity contribution in [3.63, 3.8) is 0 Å². The van der Waals surface area contributed by atoms with Gasteiger partial charge < -0.3 is 10.8 Å². The molecule has 0 aromatic heterocycles. The van der Waals surface area contributed by atoms with Gasteiger partial charge in [-0.15, -0.1) is 5.10 Å². The third-order valence-electron chi connectivity index (χ3n) is 2.00. The number of hydrogen-bond donors (Lipinski definition) is 2. The lowest BCUT2D eigenvalue weighted by atomic mass is 10.1. The van der Waals surface area contributed by atoms with E-state index in [4.69, 9.17) is 5.73 Å². The Balaban J connectivity index is 3.06. The van der Waals surface area contributed by atoms with Gasteiger partial charge in [0.1, 0.15) is 5.75 Å². The highest BCUT2D eigenvalue weighted by Crippen LogP contribution is 2.21. The van der Waals surface area contributed by atoms with Gasteiger partial charge in [0.2, 0.25) is 0 Å². The van der Waals surface area contributed by atoms with Crippen LogP contribution in [0.3, 0.4) is 0 Å². The number of benzene rings is 1. The summed E-state index contributed by atoms with van der Waals surface area (Å²) in [4.78, 5) is 10.7. The van der Waals surface area contributed by atoms with Crippen LogP contribution in [-0.2, 0) is 0 Å². The first-order valence-corrected chi connectivity index (χ1v) is 6.00. The van der Waals surface area contributed by atoms with Gasteiger partial charge in [-0.2, -0.15) is 5.10 Å². The van der Waals surface area contributed by atoms with E-state index in [9.17, 15) is 9.90 Å². The molecule has 0 aliphatic heterocycles. The first kappa shape index (κ1) is 13.2. The number of nitrogens with zero attached hydrogens (tertiary/aromatic N) is 2. The largest absolute Gasteiger partial charge is 0.507 e. The molecule has 0 amide bonds. The van der Waals surface area contributed by atoms with Crippen molar-refractivity contribution in [2.24, 2.45) is 15.9 Å². The fourth-order valence-electron chi connectivity index (χ4n) is 1.21. The molecule has 0 radical (unpaired) electrons. The standard InChI is InChI=1S/C11H13N3O2S/c1-7-3-8(5-13-14-11(12)17-2)10(16)9(4-7)6-15/h3-6,16H,1-2H3,(H2,12,14). The first-order valence-electron chi connectivity index (χ1n) is 4.77. The van der Waals surface area contributed by atoms with E-state index >= 15 is 0 Å². The molecule has 0 heterocycles. The zero-order valence-corrected chi connectivity index (χ0v) is 10.4. The van der Waals surface area contributed by atoms with Crippen LogP contribution in [0.1, 0.15) is 21.5 Å². The number of phenolic OH excluding ortho intramolecular Hbond substituents is 1. The summed E-state index contributed by atoms with van der Waals surface area (Å²) in [7, 11) is 0. The Morgan fingerprint density at radius 1 is 1.47 bits per heavy atom. The maximum absolute atomic E-state index is 10.7. The molecule has 0 spiro atoms. The Labute approximate surface area is 103 Å². The third kappa shape index (κ3) is 3.60.